The van der Waals surface area contributed by atoms with Crippen molar-refractivity contribution in [1.82, 2.24) is 5.32 Å². The topological polar surface area (TPSA) is 21.3 Å². The lowest BCUT2D eigenvalue weighted by molar-refractivity contribution is 0.199. The minimum absolute atomic E-state index is 0.791. The summed E-state index contributed by atoms with van der Waals surface area (Å²) in [6, 6.07) is 2.20. The number of ether oxygens (including phenoxy) is 1. The Morgan fingerprint density at radius 2 is 2.19 bits per heavy atom. The molecule has 1 rings (SSSR count). The molecule has 16 heavy (non-hydrogen) atoms. The minimum Gasteiger partial charge on any atom is -0.383 e. The fourth-order valence-corrected chi connectivity index (χ4v) is 2.78. The fourth-order valence-electron chi connectivity index (χ4n) is 1.49. The third kappa shape index (κ3) is 5.30. The van der Waals surface area contributed by atoms with Crippen molar-refractivity contribution in [3.8, 4) is 0 Å². The third-order valence-corrected chi connectivity index (χ3v) is 4.03. The van der Waals surface area contributed by atoms with E-state index in [9.17, 15) is 0 Å². The van der Waals surface area contributed by atoms with E-state index in [1.54, 1.807) is 18.4 Å². The van der Waals surface area contributed by atoms with Gasteiger partial charge in [0.2, 0.25) is 0 Å². The van der Waals surface area contributed by atoms with Crippen LogP contribution in [-0.4, -0.2) is 26.8 Å². The molecule has 4 heteroatoms. The molecule has 92 valence electrons. The van der Waals surface area contributed by atoms with Gasteiger partial charge in [-0.05, 0) is 44.4 Å². The summed E-state index contributed by atoms with van der Waals surface area (Å²) in [7, 11) is 1.73. The van der Waals surface area contributed by atoms with Crippen LogP contribution in [0.1, 0.15) is 23.3 Å². The second kappa shape index (κ2) is 8.07. The van der Waals surface area contributed by atoms with E-state index in [-0.39, 0.29) is 0 Å². The van der Waals surface area contributed by atoms with Crippen LogP contribution in [0.5, 0.6) is 0 Å². The number of methoxy groups -OCH3 is 1. The molecule has 0 saturated heterocycles. The molecule has 0 spiro atoms. The van der Waals surface area contributed by atoms with Gasteiger partial charge in [0, 0.05) is 18.5 Å². The van der Waals surface area contributed by atoms with Crippen LogP contribution in [0.2, 0.25) is 4.34 Å². The predicted octanol–water partition coefficient (Wildman–Crippen LogP) is 3.27. The number of hydrogen-bond acceptors (Lipinski definition) is 3. The largest absolute Gasteiger partial charge is 0.383 e. The van der Waals surface area contributed by atoms with Gasteiger partial charge in [-0.1, -0.05) is 11.6 Å². The van der Waals surface area contributed by atoms with Gasteiger partial charge in [0.25, 0.3) is 0 Å². The van der Waals surface area contributed by atoms with E-state index in [2.05, 4.69) is 18.3 Å². The van der Waals surface area contributed by atoms with E-state index < -0.39 is 0 Å². The van der Waals surface area contributed by atoms with Crippen molar-refractivity contribution in [1.29, 1.82) is 0 Å². The summed E-state index contributed by atoms with van der Waals surface area (Å²) in [6.07, 6.45) is 3.57. The first-order chi connectivity index (χ1) is 7.74. The monoisotopic (exact) mass is 261 g/mol. The van der Waals surface area contributed by atoms with Crippen LogP contribution in [0.15, 0.2) is 6.07 Å². The highest BCUT2D eigenvalue weighted by Gasteiger charge is 2.02. The predicted molar refractivity (Wildman–Crippen MR) is 71.7 cm³/mol. The molecule has 1 N–H and O–H groups in total. The second-order valence-electron chi connectivity index (χ2n) is 3.87. The Kier molecular flexibility index (Phi) is 7.05. The number of thiophene rings is 1. The molecule has 0 unspecified atom stereocenters. The van der Waals surface area contributed by atoms with Crippen LogP contribution in [-0.2, 0) is 11.2 Å². The van der Waals surface area contributed by atoms with Gasteiger partial charge in [-0.2, -0.15) is 0 Å². The molecule has 0 saturated carbocycles. The molecule has 2 nitrogen and oxygen atoms in total. The zero-order valence-electron chi connectivity index (χ0n) is 10.0. The maximum Gasteiger partial charge on any atom is 0.0960 e. The summed E-state index contributed by atoms with van der Waals surface area (Å²) >= 11 is 7.73. The summed E-state index contributed by atoms with van der Waals surface area (Å²) in [5.41, 5.74) is 1.21. The average Bonchev–Trinajstić information content (AvgIpc) is 2.57. The fraction of sp³-hybridized carbons (Fsp3) is 0.667. The Morgan fingerprint density at radius 3 is 2.81 bits per heavy atom. The molecular weight excluding hydrogens is 242 g/mol. The van der Waals surface area contributed by atoms with Crippen molar-refractivity contribution < 1.29 is 4.74 Å². The van der Waals surface area contributed by atoms with Crippen LogP contribution >= 0.6 is 22.9 Å². The van der Waals surface area contributed by atoms with Crippen molar-refractivity contribution in [2.24, 2.45) is 0 Å². The van der Waals surface area contributed by atoms with Gasteiger partial charge < -0.3 is 10.1 Å². The SMILES string of the molecule is COCCNCCCCc1cc(C)c(Cl)s1. The van der Waals surface area contributed by atoms with E-state index in [4.69, 9.17) is 16.3 Å². The molecular formula is C12H20ClNOS. The van der Waals surface area contributed by atoms with Crippen LogP contribution in [0, 0.1) is 6.92 Å². The zero-order chi connectivity index (χ0) is 11.8. The van der Waals surface area contributed by atoms with Crippen molar-refractivity contribution in [3.05, 3.63) is 20.8 Å². The lowest BCUT2D eigenvalue weighted by atomic mass is 10.2. The Bertz CT molecular complexity index is 282. The number of aryl methyl sites for hydroxylation is 2. The number of nitrogens with one attached hydrogen (secondary N) is 1. The summed E-state index contributed by atoms with van der Waals surface area (Å²) in [5.74, 6) is 0. The molecule has 0 aliphatic heterocycles. The standard InChI is InChI=1S/C12H20ClNOS/c1-10-9-11(16-12(10)13)5-3-4-6-14-7-8-15-2/h9,14H,3-8H2,1-2H3. The molecule has 1 heterocycles. The van der Waals surface area contributed by atoms with Gasteiger partial charge in [0.05, 0.1) is 10.9 Å². The Morgan fingerprint density at radius 1 is 1.38 bits per heavy atom. The lowest BCUT2D eigenvalue weighted by Gasteiger charge is -2.02. The van der Waals surface area contributed by atoms with E-state index in [1.165, 1.54) is 23.3 Å². The summed E-state index contributed by atoms with van der Waals surface area (Å²) in [6.45, 7) is 4.87. The Balaban J connectivity index is 2.03. The van der Waals surface area contributed by atoms with E-state index in [0.29, 0.717) is 0 Å². The highest BCUT2D eigenvalue weighted by molar-refractivity contribution is 7.16. The normalized spacial score (nSPS) is 10.9. The smallest absolute Gasteiger partial charge is 0.0960 e. The number of hydrogen-bond donors (Lipinski definition) is 1. The Labute approximate surface area is 107 Å². The third-order valence-electron chi connectivity index (χ3n) is 2.42. The molecule has 1 aromatic rings. The van der Waals surface area contributed by atoms with Crippen LogP contribution in [0.3, 0.4) is 0 Å². The molecule has 0 aliphatic carbocycles. The van der Waals surface area contributed by atoms with E-state index in [1.807, 2.05) is 0 Å². The van der Waals surface area contributed by atoms with Gasteiger partial charge in [0.15, 0.2) is 0 Å². The second-order valence-corrected chi connectivity index (χ2v) is 5.61. The van der Waals surface area contributed by atoms with Gasteiger partial charge >= 0.3 is 0 Å². The van der Waals surface area contributed by atoms with E-state index in [0.717, 1.165) is 30.5 Å². The Hall–Kier alpha value is -0.0900. The first-order valence-electron chi connectivity index (χ1n) is 5.68. The summed E-state index contributed by atoms with van der Waals surface area (Å²) < 4.78 is 5.90. The van der Waals surface area contributed by atoms with Crippen molar-refractivity contribution >= 4 is 22.9 Å². The molecule has 0 fully saturated rings. The highest BCUT2D eigenvalue weighted by Crippen LogP contribution is 2.27. The van der Waals surface area contributed by atoms with Crippen LogP contribution in [0.4, 0.5) is 0 Å². The van der Waals surface area contributed by atoms with Crippen LogP contribution in [0.25, 0.3) is 0 Å². The minimum atomic E-state index is 0.791. The van der Waals surface area contributed by atoms with Crippen molar-refractivity contribution in [2.75, 3.05) is 26.8 Å². The van der Waals surface area contributed by atoms with Crippen molar-refractivity contribution in [3.63, 3.8) is 0 Å². The molecule has 0 bridgehead atoms. The first-order valence-corrected chi connectivity index (χ1v) is 6.88. The highest BCUT2D eigenvalue weighted by atomic mass is 35.5. The molecule has 0 radical (unpaired) electrons. The zero-order valence-corrected chi connectivity index (χ0v) is 11.6. The molecule has 0 aromatic carbocycles. The molecule has 1 aromatic heterocycles. The van der Waals surface area contributed by atoms with E-state index >= 15 is 0 Å². The number of unbranched alkanes of at least 4 members (excludes halogenated alkanes) is 1. The van der Waals surface area contributed by atoms with Gasteiger partial charge in [-0.25, -0.2) is 0 Å². The molecule has 0 aliphatic rings. The molecule has 0 atom stereocenters. The van der Waals surface area contributed by atoms with Gasteiger partial charge in [-0.3, -0.25) is 0 Å². The maximum atomic E-state index is 6.02. The summed E-state index contributed by atoms with van der Waals surface area (Å²) in [5, 5.41) is 3.34. The lowest BCUT2D eigenvalue weighted by Crippen LogP contribution is -2.20. The maximum absolute atomic E-state index is 6.02. The summed E-state index contributed by atoms with van der Waals surface area (Å²) in [4.78, 5) is 1.40. The molecule has 0 amide bonds. The first kappa shape index (κ1) is 14.0. The average molecular weight is 262 g/mol. The van der Waals surface area contributed by atoms with Gasteiger partial charge in [0.1, 0.15) is 0 Å². The quantitative estimate of drug-likeness (QED) is 0.726. The number of halogens is 1. The van der Waals surface area contributed by atoms with Crippen molar-refractivity contribution in [2.45, 2.75) is 26.2 Å². The van der Waals surface area contributed by atoms with Gasteiger partial charge in [-0.15, -0.1) is 11.3 Å². The number of rotatable bonds is 8. The van der Waals surface area contributed by atoms with Crippen LogP contribution < -0.4 is 5.32 Å².